The quantitative estimate of drug-likeness (QED) is 0.909. The van der Waals surface area contributed by atoms with Crippen molar-refractivity contribution in [3.63, 3.8) is 0 Å². The standard InChI is InChI=1S/C13H18F2N2O3S/c1-8-6-17(7-9(2)20-8)21(18,19)12-4-3-11(14)10(5-16)13(12)15/h3-4,8-9H,5-7,16H2,1-2H3. The maximum absolute atomic E-state index is 14.2. The summed E-state index contributed by atoms with van der Waals surface area (Å²) in [5.41, 5.74) is 4.85. The topological polar surface area (TPSA) is 72.6 Å². The molecule has 1 aliphatic rings. The molecule has 21 heavy (non-hydrogen) atoms. The number of nitrogens with zero attached hydrogens (tertiary/aromatic N) is 1. The van der Waals surface area contributed by atoms with Gasteiger partial charge in [0.05, 0.1) is 12.2 Å². The van der Waals surface area contributed by atoms with Gasteiger partial charge in [-0.2, -0.15) is 4.31 Å². The van der Waals surface area contributed by atoms with Gasteiger partial charge in [-0.3, -0.25) is 0 Å². The molecule has 0 amide bonds. The van der Waals surface area contributed by atoms with E-state index in [-0.39, 0.29) is 25.3 Å². The number of rotatable bonds is 3. The summed E-state index contributed by atoms with van der Waals surface area (Å²) in [6.45, 7) is 3.33. The molecule has 1 fully saturated rings. The van der Waals surface area contributed by atoms with Crippen LogP contribution in [0, 0.1) is 11.6 Å². The first-order chi connectivity index (χ1) is 9.77. The smallest absolute Gasteiger partial charge is 0.246 e. The fraction of sp³-hybridized carbons (Fsp3) is 0.538. The Labute approximate surface area is 122 Å². The van der Waals surface area contributed by atoms with Crippen LogP contribution in [0.2, 0.25) is 0 Å². The van der Waals surface area contributed by atoms with Crippen molar-refractivity contribution in [2.45, 2.75) is 37.5 Å². The lowest BCUT2D eigenvalue weighted by Crippen LogP contribution is -2.48. The molecule has 1 heterocycles. The number of benzene rings is 1. The van der Waals surface area contributed by atoms with Crippen LogP contribution in [0.1, 0.15) is 19.4 Å². The minimum Gasteiger partial charge on any atom is -0.373 e. The molecular formula is C13H18F2N2O3S. The normalized spacial score (nSPS) is 24.2. The maximum atomic E-state index is 14.2. The molecule has 118 valence electrons. The van der Waals surface area contributed by atoms with Crippen molar-refractivity contribution in [1.29, 1.82) is 0 Å². The van der Waals surface area contributed by atoms with E-state index < -0.39 is 38.7 Å². The van der Waals surface area contributed by atoms with Crippen molar-refractivity contribution >= 4 is 10.0 Å². The van der Waals surface area contributed by atoms with Crippen molar-refractivity contribution in [2.24, 2.45) is 5.73 Å². The Morgan fingerprint density at radius 2 is 1.86 bits per heavy atom. The molecule has 0 spiro atoms. The summed E-state index contributed by atoms with van der Waals surface area (Å²) in [6.07, 6.45) is -0.581. The SMILES string of the molecule is CC1CN(S(=O)(=O)c2ccc(F)c(CN)c2F)CC(C)O1. The Hall–Kier alpha value is -1.09. The Bertz CT molecular complexity index is 627. The molecule has 1 saturated heterocycles. The second-order valence-electron chi connectivity index (χ2n) is 5.12. The van der Waals surface area contributed by atoms with E-state index in [2.05, 4.69) is 0 Å². The summed E-state index contributed by atoms with van der Waals surface area (Å²) in [6, 6.07) is 1.86. The zero-order valence-electron chi connectivity index (χ0n) is 11.8. The van der Waals surface area contributed by atoms with Gasteiger partial charge in [0, 0.05) is 25.2 Å². The van der Waals surface area contributed by atoms with Gasteiger partial charge in [0.15, 0.2) is 5.82 Å². The summed E-state index contributed by atoms with van der Waals surface area (Å²) >= 11 is 0. The van der Waals surface area contributed by atoms with Crippen molar-refractivity contribution < 1.29 is 21.9 Å². The summed E-state index contributed by atoms with van der Waals surface area (Å²) in [4.78, 5) is -0.550. The van der Waals surface area contributed by atoms with Gasteiger partial charge < -0.3 is 10.5 Å². The van der Waals surface area contributed by atoms with Crippen LogP contribution in [0.3, 0.4) is 0 Å². The van der Waals surface area contributed by atoms with E-state index in [9.17, 15) is 17.2 Å². The third kappa shape index (κ3) is 3.08. The lowest BCUT2D eigenvalue weighted by Gasteiger charge is -2.34. The number of sulfonamides is 1. The molecule has 2 N–H and O–H groups in total. The number of nitrogens with two attached hydrogens (primary N) is 1. The van der Waals surface area contributed by atoms with E-state index in [0.29, 0.717) is 0 Å². The molecule has 2 unspecified atom stereocenters. The summed E-state index contributed by atoms with van der Waals surface area (Å²) in [5, 5.41) is 0. The number of hydrogen-bond donors (Lipinski definition) is 1. The highest BCUT2D eigenvalue weighted by atomic mass is 32.2. The Morgan fingerprint density at radius 1 is 1.29 bits per heavy atom. The minimum absolute atomic E-state index is 0.126. The highest BCUT2D eigenvalue weighted by Crippen LogP contribution is 2.26. The van der Waals surface area contributed by atoms with E-state index in [1.165, 1.54) is 0 Å². The number of morpholine rings is 1. The van der Waals surface area contributed by atoms with Crippen LogP contribution < -0.4 is 5.73 Å². The van der Waals surface area contributed by atoms with Gasteiger partial charge in [-0.25, -0.2) is 17.2 Å². The van der Waals surface area contributed by atoms with Gasteiger partial charge >= 0.3 is 0 Å². The van der Waals surface area contributed by atoms with Gasteiger partial charge in [0.25, 0.3) is 0 Å². The largest absolute Gasteiger partial charge is 0.373 e. The first-order valence-corrected chi connectivity index (χ1v) is 8.04. The van der Waals surface area contributed by atoms with Crippen LogP contribution in [-0.4, -0.2) is 38.0 Å². The van der Waals surface area contributed by atoms with Crippen LogP contribution >= 0.6 is 0 Å². The Morgan fingerprint density at radius 3 is 2.38 bits per heavy atom. The van der Waals surface area contributed by atoms with E-state index in [0.717, 1.165) is 16.4 Å². The van der Waals surface area contributed by atoms with Crippen molar-refractivity contribution in [2.75, 3.05) is 13.1 Å². The minimum atomic E-state index is -4.05. The van der Waals surface area contributed by atoms with Crippen molar-refractivity contribution in [1.82, 2.24) is 4.31 Å². The lowest BCUT2D eigenvalue weighted by molar-refractivity contribution is -0.0441. The van der Waals surface area contributed by atoms with E-state index >= 15 is 0 Å². The first kappa shape index (κ1) is 16.3. The molecule has 1 aliphatic heterocycles. The lowest BCUT2D eigenvalue weighted by atomic mass is 10.2. The molecule has 2 rings (SSSR count). The van der Waals surface area contributed by atoms with E-state index in [1.54, 1.807) is 13.8 Å². The number of halogens is 2. The maximum Gasteiger partial charge on any atom is 0.246 e. The average Bonchev–Trinajstić information content (AvgIpc) is 2.37. The van der Waals surface area contributed by atoms with Crippen molar-refractivity contribution in [3.8, 4) is 0 Å². The average molecular weight is 320 g/mol. The van der Waals surface area contributed by atoms with Gasteiger partial charge in [-0.05, 0) is 26.0 Å². The fourth-order valence-corrected chi connectivity index (χ4v) is 4.11. The summed E-state index contributed by atoms with van der Waals surface area (Å²) in [7, 11) is -4.05. The molecule has 0 aromatic heterocycles. The molecular weight excluding hydrogens is 302 g/mol. The number of ether oxygens (including phenoxy) is 1. The Balaban J connectivity index is 2.45. The van der Waals surface area contributed by atoms with Gasteiger partial charge in [-0.1, -0.05) is 0 Å². The fourth-order valence-electron chi connectivity index (χ4n) is 2.43. The van der Waals surface area contributed by atoms with E-state index in [4.69, 9.17) is 10.5 Å². The molecule has 0 bridgehead atoms. The van der Waals surface area contributed by atoms with Crippen LogP contribution in [0.25, 0.3) is 0 Å². The molecule has 0 saturated carbocycles. The van der Waals surface area contributed by atoms with Crippen LogP contribution in [0.4, 0.5) is 8.78 Å². The molecule has 5 nitrogen and oxygen atoms in total. The predicted molar refractivity (Wildman–Crippen MR) is 73.0 cm³/mol. The van der Waals surface area contributed by atoms with Crippen LogP contribution in [0.15, 0.2) is 17.0 Å². The molecule has 1 aromatic rings. The van der Waals surface area contributed by atoms with Gasteiger partial charge in [0.1, 0.15) is 10.7 Å². The zero-order valence-corrected chi connectivity index (χ0v) is 12.7. The second-order valence-corrected chi connectivity index (χ2v) is 7.03. The zero-order chi connectivity index (χ0) is 15.8. The molecule has 1 aromatic carbocycles. The summed E-state index contributed by atoms with van der Waals surface area (Å²) in [5.74, 6) is -1.97. The van der Waals surface area contributed by atoms with E-state index in [1.807, 2.05) is 0 Å². The molecule has 0 radical (unpaired) electrons. The molecule has 8 heteroatoms. The van der Waals surface area contributed by atoms with Crippen molar-refractivity contribution in [3.05, 3.63) is 29.3 Å². The third-order valence-corrected chi connectivity index (χ3v) is 5.21. The number of hydrogen-bond acceptors (Lipinski definition) is 4. The highest BCUT2D eigenvalue weighted by Gasteiger charge is 2.34. The monoisotopic (exact) mass is 320 g/mol. The van der Waals surface area contributed by atoms with Crippen LogP contribution in [0.5, 0.6) is 0 Å². The molecule has 2 atom stereocenters. The predicted octanol–water partition coefficient (Wildman–Crippen LogP) is 1.22. The first-order valence-electron chi connectivity index (χ1n) is 6.60. The van der Waals surface area contributed by atoms with Gasteiger partial charge in [-0.15, -0.1) is 0 Å². The highest BCUT2D eigenvalue weighted by molar-refractivity contribution is 7.89. The molecule has 0 aliphatic carbocycles. The second kappa shape index (κ2) is 5.96. The summed E-state index contributed by atoms with van der Waals surface area (Å²) < 4.78 is 59.4. The van der Waals surface area contributed by atoms with Crippen LogP contribution in [-0.2, 0) is 21.3 Å². The van der Waals surface area contributed by atoms with Gasteiger partial charge in [0.2, 0.25) is 10.0 Å². The Kier molecular flexibility index (Phi) is 4.62. The third-order valence-electron chi connectivity index (χ3n) is 3.36.